The monoisotopic (exact) mass is 302 g/mol. The average molecular weight is 302 g/mol. The first-order chi connectivity index (χ1) is 9.87. The number of nitrogens with two attached hydrogens (primary N) is 1. The van der Waals surface area contributed by atoms with E-state index in [-0.39, 0.29) is 12.5 Å². The molecule has 0 aliphatic carbocycles. The maximum atomic E-state index is 11.9. The fraction of sp³-hybridized carbons (Fsp3) is 0.500. The van der Waals surface area contributed by atoms with Crippen LogP contribution in [0, 0.1) is 0 Å². The van der Waals surface area contributed by atoms with Crippen molar-refractivity contribution in [2.75, 3.05) is 30.4 Å². The van der Waals surface area contributed by atoms with Crippen molar-refractivity contribution in [3.8, 4) is 0 Å². The van der Waals surface area contributed by atoms with Gasteiger partial charge in [-0.05, 0) is 36.6 Å². The quantitative estimate of drug-likeness (QED) is 0.671. The van der Waals surface area contributed by atoms with Gasteiger partial charge in [-0.1, -0.05) is 0 Å². The van der Waals surface area contributed by atoms with E-state index in [1.165, 1.54) is 0 Å². The molecule has 4 nitrogen and oxygen atoms in total. The summed E-state index contributed by atoms with van der Waals surface area (Å²) in [6.45, 7) is -0.949. The molecule has 1 aliphatic rings. The molecule has 0 unspecified atom stereocenters. The van der Waals surface area contributed by atoms with Crippen molar-refractivity contribution in [3.63, 3.8) is 0 Å². The van der Waals surface area contributed by atoms with Gasteiger partial charge in [0.2, 0.25) is 5.91 Å². The molecular formula is C14H17F3N2O2. The van der Waals surface area contributed by atoms with Gasteiger partial charge < -0.3 is 15.4 Å². The number of hydrogen-bond donors (Lipinski definition) is 1. The van der Waals surface area contributed by atoms with Gasteiger partial charge in [0.1, 0.15) is 6.61 Å². The standard InChI is InChI=1S/C14H17F3N2O2/c15-14(16,17)9-21-7-1-6-19-12-4-3-11(18)8-10(12)2-5-13(19)20/h3-4,8H,1-2,5-7,9,18H2. The van der Waals surface area contributed by atoms with Crippen LogP contribution in [-0.2, 0) is 16.0 Å². The summed E-state index contributed by atoms with van der Waals surface area (Å²) in [7, 11) is 0. The number of halogens is 3. The van der Waals surface area contributed by atoms with E-state index < -0.39 is 12.8 Å². The Morgan fingerprint density at radius 3 is 2.76 bits per heavy atom. The van der Waals surface area contributed by atoms with Crippen LogP contribution in [0.5, 0.6) is 0 Å². The van der Waals surface area contributed by atoms with Crippen molar-refractivity contribution in [2.45, 2.75) is 25.4 Å². The van der Waals surface area contributed by atoms with Crippen molar-refractivity contribution in [3.05, 3.63) is 23.8 Å². The molecule has 1 aromatic rings. The summed E-state index contributed by atoms with van der Waals surface area (Å²) in [6, 6.07) is 5.32. The van der Waals surface area contributed by atoms with Crippen molar-refractivity contribution >= 4 is 17.3 Å². The van der Waals surface area contributed by atoms with Gasteiger partial charge in [0.15, 0.2) is 0 Å². The topological polar surface area (TPSA) is 55.6 Å². The van der Waals surface area contributed by atoms with Gasteiger partial charge in [-0.15, -0.1) is 0 Å². The molecule has 116 valence electrons. The van der Waals surface area contributed by atoms with Gasteiger partial charge in [0.25, 0.3) is 0 Å². The van der Waals surface area contributed by atoms with Crippen molar-refractivity contribution in [2.24, 2.45) is 0 Å². The molecule has 0 saturated carbocycles. The zero-order valence-corrected chi connectivity index (χ0v) is 11.4. The zero-order valence-electron chi connectivity index (χ0n) is 11.4. The molecule has 1 aliphatic heterocycles. The normalized spacial score (nSPS) is 15.2. The molecule has 1 amide bonds. The average Bonchev–Trinajstić information content (AvgIpc) is 2.39. The molecular weight excluding hydrogens is 285 g/mol. The Balaban J connectivity index is 1.90. The molecule has 0 bridgehead atoms. The number of rotatable bonds is 5. The van der Waals surface area contributed by atoms with Gasteiger partial charge in [0, 0.05) is 30.9 Å². The van der Waals surface area contributed by atoms with E-state index in [0.29, 0.717) is 31.5 Å². The third-order valence-electron chi connectivity index (χ3n) is 3.24. The largest absolute Gasteiger partial charge is 0.411 e. The first kappa shape index (κ1) is 15.6. The third-order valence-corrected chi connectivity index (χ3v) is 3.24. The number of nitrogen functional groups attached to an aromatic ring is 1. The SMILES string of the molecule is Nc1ccc2c(c1)CCC(=O)N2CCCOCC(F)(F)F. The number of aryl methyl sites for hydroxylation is 1. The highest BCUT2D eigenvalue weighted by Gasteiger charge is 2.27. The zero-order chi connectivity index (χ0) is 15.5. The molecule has 2 rings (SSSR count). The van der Waals surface area contributed by atoms with Crippen LogP contribution in [0.4, 0.5) is 24.5 Å². The van der Waals surface area contributed by atoms with Crippen LogP contribution < -0.4 is 10.6 Å². The molecule has 21 heavy (non-hydrogen) atoms. The summed E-state index contributed by atoms with van der Waals surface area (Å²) < 4.78 is 40.3. The van der Waals surface area contributed by atoms with Gasteiger partial charge in [-0.2, -0.15) is 13.2 Å². The van der Waals surface area contributed by atoms with Gasteiger partial charge in [-0.3, -0.25) is 4.79 Å². The van der Waals surface area contributed by atoms with E-state index in [2.05, 4.69) is 4.74 Å². The Hall–Kier alpha value is -1.76. The smallest absolute Gasteiger partial charge is 0.399 e. The predicted molar refractivity (Wildman–Crippen MR) is 73.0 cm³/mol. The third kappa shape index (κ3) is 4.35. The number of benzene rings is 1. The van der Waals surface area contributed by atoms with Crippen LogP contribution >= 0.6 is 0 Å². The maximum Gasteiger partial charge on any atom is 0.411 e. The van der Waals surface area contributed by atoms with Gasteiger partial charge in [0.05, 0.1) is 0 Å². The lowest BCUT2D eigenvalue weighted by atomic mass is 10.0. The number of carbonyl (C=O) groups is 1. The number of alkyl halides is 3. The number of anilines is 2. The number of carbonyl (C=O) groups excluding carboxylic acids is 1. The summed E-state index contributed by atoms with van der Waals surface area (Å²) in [5.74, 6) is -0.0249. The second-order valence-corrected chi connectivity index (χ2v) is 4.95. The molecule has 2 N–H and O–H groups in total. The highest BCUT2D eigenvalue weighted by atomic mass is 19.4. The van der Waals surface area contributed by atoms with E-state index in [4.69, 9.17) is 5.73 Å². The number of fused-ring (bicyclic) bond motifs is 1. The fourth-order valence-electron chi connectivity index (χ4n) is 2.34. The molecule has 1 aromatic carbocycles. The Labute approximate surface area is 120 Å². The van der Waals surface area contributed by atoms with Crippen LogP contribution in [0.3, 0.4) is 0 Å². The Morgan fingerprint density at radius 2 is 2.05 bits per heavy atom. The summed E-state index contributed by atoms with van der Waals surface area (Å²) >= 11 is 0. The number of ether oxygens (including phenoxy) is 1. The lowest BCUT2D eigenvalue weighted by Gasteiger charge is -2.29. The Kier molecular flexibility index (Phi) is 4.72. The highest BCUT2D eigenvalue weighted by molar-refractivity contribution is 5.96. The highest BCUT2D eigenvalue weighted by Crippen LogP contribution is 2.29. The molecule has 0 radical (unpaired) electrons. The minimum atomic E-state index is -4.31. The lowest BCUT2D eigenvalue weighted by molar-refractivity contribution is -0.173. The first-order valence-electron chi connectivity index (χ1n) is 6.70. The predicted octanol–water partition coefficient (Wildman–Crippen LogP) is 2.52. The number of nitrogens with zero attached hydrogens (tertiary/aromatic N) is 1. The molecule has 1 heterocycles. The number of hydrogen-bond acceptors (Lipinski definition) is 3. The van der Waals surface area contributed by atoms with Crippen molar-refractivity contribution in [1.29, 1.82) is 0 Å². The van der Waals surface area contributed by atoms with Gasteiger partial charge >= 0.3 is 6.18 Å². The molecule has 0 aromatic heterocycles. The molecule has 0 atom stereocenters. The second-order valence-electron chi connectivity index (χ2n) is 4.95. The minimum Gasteiger partial charge on any atom is -0.399 e. The van der Waals surface area contributed by atoms with Crippen molar-refractivity contribution in [1.82, 2.24) is 0 Å². The summed E-state index contributed by atoms with van der Waals surface area (Å²) in [6.07, 6.45) is -2.93. The first-order valence-corrected chi connectivity index (χ1v) is 6.70. The Morgan fingerprint density at radius 1 is 1.29 bits per heavy atom. The van der Waals surface area contributed by atoms with Crippen LogP contribution in [0.15, 0.2) is 18.2 Å². The van der Waals surface area contributed by atoms with E-state index in [1.54, 1.807) is 17.0 Å². The lowest BCUT2D eigenvalue weighted by Crippen LogP contribution is -2.36. The number of amides is 1. The van der Waals surface area contributed by atoms with Crippen LogP contribution in [0.25, 0.3) is 0 Å². The molecule has 0 fully saturated rings. The van der Waals surface area contributed by atoms with Crippen LogP contribution in [0.2, 0.25) is 0 Å². The summed E-state index contributed by atoms with van der Waals surface area (Å²) in [4.78, 5) is 13.5. The molecule has 7 heteroatoms. The van der Waals surface area contributed by atoms with E-state index in [1.807, 2.05) is 6.07 Å². The molecule has 0 spiro atoms. The van der Waals surface area contributed by atoms with E-state index >= 15 is 0 Å². The molecule has 0 saturated heterocycles. The summed E-state index contributed by atoms with van der Waals surface area (Å²) in [5, 5.41) is 0. The van der Waals surface area contributed by atoms with Gasteiger partial charge in [-0.25, -0.2) is 0 Å². The maximum absolute atomic E-state index is 11.9. The van der Waals surface area contributed by atoms with Crippen LogP contribution in [0.1, 0.15) is 18.4 Å². The summed E-state index contributed by atoms with van der Waals surface area (Å²) in [5.41, 5.74) is 8.13. The van der Waals surface area contributed by atoms with E-state index in [9.17, 15) is 18.0 Å². The van der Waals surface area contributed by atoms with Crippen molar-refractivity contribution < 1.29 is 22.7 Å². The van der Waals surface area contributed by atoms with Crippen LogP contribution in [-0.4, -0.2) is 31.8 Å². The Bertz CT molecular complexity index is 517. The second kappa shape index (κ2) is 6.34. The van der Waals surface area contributed by atoms with E-state index in [0.717, 1.165) is 11.3 Å². The minimum absolute atomic E-state index is 0.0249. The fourth-order valence-corrected chi connectivity index (χ4v) is 2.34.